The lowest BCUT2D eigenvalue weighted by molar-refractivity contribution is -0.139. The number of likely N-dealkylation sites (tertiary alicyclic amines) is 2. The van der Waals surface area contributed by atoms with E-state index >= 15 is 0 Å². The minimum atomic E-state index is 0.288. The van der Waals surface area contributed by atoms with E-state index in [0.29, 0.717) is 18.5 Å². The second kappa shape index (κ2) is 8.73. The van der Waals surface area contributed by atoms with E-state index in [1.807, 2.05) is 6.07 Å². The molecule has 1 amide bonds. The Morgan fingerprint density at radius 1 is 0.964 bits per heavy atom. The van der Waals surface area contributed by atoms with Crippen molar-refractivity contribution < 1.29 is 14.3 Å². The fourth-order valence-electron chi connectivity index (χ4n) is 5.65. The lowest BCUT2D eigenvalue weighted by atomic mass is 9.78. The molecule has 1 saturated carbocycles. The molecule has 3 aliphatic rings. The van der Waals surface area contributed by atoms with Gasteiger partial charge in [-0.15, -0.1) is 0 Å². The minimum absolute atomic E-state index is 0.288. The van der Waals surface area contributed by atoms with Gasteiger partial charge in [-0.2, -0.15) is 0 Å². The minimum Gasteiger partial charge on any atom is -0.493 e. The summed E-state index contributed by atoms with van der Waals surface area (Å²) in [6, 6.07) is 6.95. The summed E-state index contributed by atoms with van der Waals surface area (Å²) >= 11 is 0. The molecule has 4 rings (SSSR count). The lowest BCUT2D eigenvalue weighted by Crippen LogP contribution is -2.52. The van der Waals surface area contributed by atoms with Gasteiger partial charge >= 0.3 is 0 Å². The Balaban J connectivity index is 1.46. The number of methoxy groups -OCH3 is 2. The number of piperidine rings is 1. The number of nitrogens with zero attached hydrogens (tertiary/aromatic N) is 2. The van der Waals surface area contributed by atoms with Gasteiger partial charge in [0.2, 0.25) is 5.91 Å². The van der Waals surface area contributed by atoms with E-state index in [4.69, 9.17) is 9.47 Å². The molecule has 2 aliphatic heterocycles. The van der Waals surface area contributed by atoms with Gasteiger partial charge in [0.25, 0.3) is 0 Å². The number of rotatable bonds is 5. The van der Waals surface area contributed by atoms with Crippen LogP contribution >= 0.6 is 0 Å². The predicted octanol–water partition coefficient (Wildman–Crippen LogP) is 4.02. The van der Waals surface area contributed by atoms with E-state index < -0.39 is 0 Å². The maximum Gasteiger partial charge on any atom is 0.237 e. The van der Waals surface area contributed by atoms with E-state index in [9.17, 15) is 4.79 Å². The van der Waals surface area contributed by atoms with Crippen LogP contribution in [0, 0.1) is 5.92 Å². The summed E-state index contributed by atoms with van der Waals surface area (Å²) in [7, 11) is 3.34. The Kier molecular flexibility index (Phi) is 6.10. The van der Waals surface area contributed by atoms with Crippen LogP contribution in [0.5, 0.6) is 11.5 Å². The molecule has 2 heterocycles. The fraction of sp³-hybridized carbons (Fsp3) is 0.696. The van der Waals surface area contributed by atoms with Crippen LogP contribution in [0.4, 0.5) is 0 Å². The first-order chi connectivity index (χ1) is 13.7. The molecule has 0 spiro atoms. The van der Waals surface area contributed by atoms with Crippen LogP contribution in [0.2, 0.25) is 0 Å². The van der Waals surface area contributed by atoms with Crippen molar-refractivity contribution in [2.45, 2.75) is 63.5 Å². The smallest absolute Gasteiger partial charge is 0.237 e. The lowest BCUT2D eigenvalue weighted by Gasteiger charge is -2.44. The molecule has 0 N–H and O–H groups in total. The summed E-state index contributed by atoms with van der Waals surface area (Å²) in [4.78, 5) is 17.9. The molecular formula is C23H34N2O3. The van der Waals surface area contributed by atoms with Gasteiger partial charge in [0.1, 0.15) is 0 Å². The van der Waals surface area contributed by atoms with Crippen LogP contribution in [-0.2, 0) is 4.79 Å². The van der Waals surface area contributed by atoms with E-state index in [-0.39, 0.29) is 6.04 Å². The number of benzene rings is 1. The van der Waals surface area contributed by atoms with Crippen molar-refractivity contribution in [1.29, 1.82) is 0 Å². The Morgan fingerprint density at radius 2 is 1.71 bits per heavy atom. The molecule has 0 radical (unpaired) electrons. The summed E-state index contributed by atoms with van der Waals surface area (Å²) in [5.74, 6) is 2.60. The number of carbonyl (C=O) groups excluding carboxylic acids is 1. The van der Waals surface area contributed by atoms with Gasteiger partial charge in [0, 0.05) is 18.6 Å². The molecule has 5 heteroatoms. The molecule has 5 nitrogen and oxygen atoms in total. The first kappa shape index (κ1) is 19.6. The summed E-state index contributed by atoms with van der Waals surface area (Å²) < 4.78 is 10.9. The summed E-state index contributed by atoms with van der Waals surface area (Å²) in [6.07, 6.45) is 9.85. The van der Waals surface area contributed by atoms with E-state index in [1.54, 1.807) is 14.2 Å². The molecular weight excluding hydrogens is 352 g/mol. The molecule has 3 fully saturated rings. The van der Waals surface area contributed by atoms with Crippen molar-refractivity contribution >= 4 is 5.91 Å². The van der Waals surface area contributed by atoms with Crippen LogP contribution in [0.1, 0.15) is 63.0 Å². The zero-order valence-corrected chi connectivity index (χ0v) is 17.4. The van der Waals surface area contributed by atoms with Gasteiger partial charge in [-0.3, -0.25) is 9.69 Å². The number of hydrogen-bond donors (Lipinski definition) is 0. The maximum atomic E-state index is 13.2. The van der Waals surface area contributed by atoms with Crippen molar-refractivity contribution in [1.82, 2.24) is 9.80 Å². The third kappa shape index (κ3) is 3.86. The normalized spacial score (nSPS) is 28.1. The molecule has 1 aromatic rings. The van der Waals surface area contributed by atoms with Gasteiger partial charge in [0.15, 0.2) is 11.5 Å². The molecule has 28 heavy (non-hydrogen) atoms. The van der Waals surface area contributed by atoms with Crippen LogP contribution in [0.15, 0.2) is 18.2 Å². The van der Waals surface area contributed by atoms with Crippen LogP contribution in [-0.4, -0.2) is 55.6 Å². The highest BCUT2D eigenvalue weighted by atomic mass is 16.5. The summed E-state index contributed by atoms with van der Waals surface area (Å²) in [6.45, 7) is 2.49. The number of amides is 1. The van der Waals surface area contributed by atoms with Crippen LogP contribution < -0.4 is 9.47 Å². The van der Waals surface area contributed by atoms with Crippen LogP contribution in [0.3, 0.4) is 0 Å². The van der Waals surface area contributed by atoms with E-state index in [1.165, 1.54) is 44.1 Å². The number of hydrogen-bond acceptors (Lipinski definition) is 4. The van der Waals surface area contributed by atoms with Gasteiger partial charge in [-0.05, 0) is 68.7 Å². The molecule has 0 unspecified atom stereocenters. The molecule has 1 aromatic carbocycles. The Labute approximate surface area is 169 Å². The third-order valence-electron chi connectivity index (χ3n) is 7.06. The van der Waals surface area contributed by atoms with Crippen molar-refractivity contribution in [3.8, 4) is 11.5 Å². The van der Waals surface area contributed by atoms with E-state index in [0.717, 1.165) is 43.3 Å². The van der Waals surface area contributed by atoms with Gasteiger partial charge in [-0.1, -0.05) is 18.9 Å². The average Bonchev–Trinajstić information content (AvgIpc) is 3.20. The maximum absolute atomic E-state index is 13.2. The first-order valence-corrected chi connectivity index (χ1v) is 11.0. The highest BCUT2D eigenvalue weighted by molar-refractivity contribution is 5.79. The second-order valence-electron chi connectivity index (χ2n) is 8.58. The van der Waals surface area contributed by atoms with E-state index in [2.05, 4.69) is 21.9 Å². The Bertz CT molecular complexity index is 690. The highest BCUT2D eigenvalue weighted by Crippen LogP contribution is 2.38. The van der Waals surface area contributed by atoms with Gasteiger partial charge < -0.3 is 14.4 Å². The SMILES string of the molecule is COc1ccc([C@@H]2CCCN2CC(=O)N2CCC[C@@H]3CCCC[C@H]32)cc1OC. The Hall–Kier alpha value is -1.75. The van der Waals surface area contributed by atoms with Crippen molar-refractivity contribution in [2.24, 2.45) is 5.92 Å². The van der Waals surface area contributed by atoms with Crippen molar-refractivity contribution in [2.75, 3.05) is 33.9 Å². The zero-order valence-electron chi connectivity index (χ0n) is 17.4. The molecule has 1 aliphatic carbocycles. The van der Waals surface area contributed by atoms with Crippen molar-refractivity contribution in [3.05, 3.63) is 23.8 Å². The monoisotopic (exact) mass is 386 g/mol. The zero-order chi connectivity index (χ0) is 19.5. The largest absolute Gasteiger partial charge is 0.493 e. The Morgan fingerprint density at radius 3 is 2.54 bits per heavy atom. The molecule has 154 valence electrons. The number of carbonyl (C=O) groups is 1. The van der Waals surface area contributed by atoms with Gasteiger partial charge in [0.05, 0.1) is 20.8 Å². The summed E-state index contributed by atoms with van der Waals surface area (Å²) in [5, 5.41) is 0. The third-order valence-corrected chi connectivity index (χ3v) is 7.06. The molecule has 3 atom stereocenters. The number of ether oxygens (including phenoxy) is 2. The fourth-order valence-corrected chi connectivity index (χ4v) is 5.65. The molecule has 2 saturated heterocycles. The molecule has 0 bridgehead atoms. The van der Waals surface area contributed by atoms with Crippen LogP contribution in [0.25, 0.3) is 0 Å². The van der Waals surface area contributed by atoms with Crippen molar-refractivity contribution in [3.63, 3.8) is 0 Å². The molecule has 0 aromatic heterocycles. The standard InChI is InChI=1S/C23H34N2O3/c1-27-21-12-11-18(15-22(21)28-2)19-10-6-13-24(19)16-23(26)25-14-5-8-17-7-3-4-9-20(17)25/h11-12,15,17,19-20H,3-10,13-14,16H2,1-2H3/t17-,19-,20+/m0/s1. The predicted molar refractivity (Wildman–Crippen MR) is 110 cm³/mol. The highest BCUT2D eigenvalue weighted by Gasteiger charge is 2.37. The van der Waals surface area contributed by atoms with Gasteiger partial charge in [-0.25, -0.2) is 0 Å². The number of fused-ring (bicyclic) bond motifs is 1. The quantitative estimate of drug-likeness (QED) is 0.766. The first-order valence-electron chi connectivity index (χ1n) is 11.0. The summed E-state index contributed by atoms with van der Waals surface area (Å²) in [5.41, 5.74) is 1.22. The topological polar surface area (TPSA) is 42.0 Å². The second-order valence-corrected chi connectivity index (χ2v) is 8.58. The average molecular weight is 387 g/mol.